The van der Waals surface area contributed by atoms with Gasteiger partial charge >= 0.3 is 0 Å². The predicted octanol–water partition coefficient (Wildman–Crippen LogP) is 0.587. The first-order chi connectivity index (χ1) is 9.84. The van der Waals surface area contributed by atoms with Crippen LogP contribution in [0.25, 0.3) is 0 Å². The SMILES string of the molecule is [2H]C1([2H])c2cccc(F)c2C(=O)N1C1CCC(=O)NC1=O. The summed E-state index contributed by atoms with van der Waals surface area (Å²) >= 11 is 0. The molecule has 1 N–H and O–H groups in total. The smallest absolute Gasteiger partial charge is 0.258 e. The van der Waals surface area contributed by atoms with Crippen LogP contribution in [0.1, 0.15) is 31.5 Å². The number of nitrogens with one attached hydrogen (secondary N) is 1. The summed E-state index contributed by atoms with van der Waals surface area (Å²) in [4.78, 5) is 36.1. The van der Waals surface area contributed by atoms with Crippen molar-refractivity contribution in [3.05, 3.63) is 35.1 Å². The van der Waals surface area contributed by atoms with Crippen molar-refractivity contribution in [2.45, 2.75) is 25.4 Å². The van der Waals surface area contributed by atoms with Crippen LogP contribution in [0.3, 0.4) is 0 Å². The summed E-state index contributed by atoms with van der Waals surface area (Å²) < 4.78 is 30.0. The molecule has 0 aliphatic carbocycles. The first-order valence-electron chi connectivity index (χ1n) is 6.80. The first kappa shape index (κ1) is 9.66. The number of halogens is 1. The molecule has 0 spiro atoms. The molecule has 98 valence electrons. The lowest BCUT2D eigenvalue weighted by atomic mass is 10.0. The number of nitrogens with zero attached hydrogens (tertiary/aromatic N) is 1. The van der Waals surface area contributed by atoms with Crippen molar-refractivity contribution in [2.75, 3.05) is 0 Å². The van der Waals surface area contributed by atoms with Crippen LogP contribution in [-0.2, 0) is 16.1 Å². The Balaban J connectivity index is 2.06. The van der Waals surface area contributed by atoms with Crippen molar-refractivity contribution in [2.24, 2.45) is 0 Å². The quantitative estimate of drug-likeness (QED) is 0.755. The van der Waals surface area contributed by atoms with E-state index >= 15 is 0 Å². The summed E-state index contributed by atoms with van der Waals surface area (Å²) in [6.45, 7) is -2.29. The van der Waals surface area contributed by atoms with Gasteiger partial charge in [-0.05, 0) is 18.1 Å². The Hall–Kier alpha value is -2.24. The van der Waals surface area contributed by atoms with Crippen molar-refractivity contribution in [3.63, 3.8) is 0 Å². The van der Waals surface area contributed by atoms with Gasteiger partial charge in [-0.25, -0.2) is 4.39 Å². The lowest BCUT2D eigenvalue weighted by Crippen LogP contribution is -2.52. The van der Waals surface area contributed by atoms with Gasteiger partial charge in [0.2, 0.25) is 11.8 Å². The fourth-order valence-electron chi connectivity index (χ4n) is 2.28. The van der Waals surface area contributed by atoms with Crippen molar-refractivity contribution in [1.82, 2.24) is 10.2 Å². The summed E-state index contributed by atoms with van der Waals surface area (Å²) in [5.41, 5.74) is -0.454. The average molecular weight is 264 g/mol. The highest BCUT2D eigenvalue weighted by Crippen LogP contribution is 2.28. The molecule has 5 nitrogen and oxygen atoms in total. The van der Waals surface area contributed by atoms with Gasteiger partial charge in [0, 0.05) is 12.9 Å². The van der Waals surface area contributed by atoms with E-state index in [1.54, 1.807) is 0 Å². The number of imide groups is 1. The van der Waals surface area contributed by atoms with E-state index in [1.165, 1.54) is 12.1 Å². The van der Waals surface area contributed by atoms with Gasteiger partial charge < -0.3 is 4.90 Å². The summed E-state index contributed by atoms with van der Waals surface area (Å²) in [5.74, 6) is -2.90. The summed E-state index contributed by atoms with van der Waals surface area (Å²) in [6.07, 6.45) is 0.0284. The van der Waals surface area contributed by atoms with Gasteiger partial charge in [0.25, 0.3) is 5.91 Å². The molecule has 1 aromatic rings. The fraction of sp³-hybridized carbons (Fsp3) is 0.308. The number of benzene rings is 1. The molecule has 1 unspecified atom stereocenters. The molecule has 3 amide bonds. The maximum atomic E-state index is 13.8. The van der Waals surface area contributed by atoms with Crippen LogP contribution in [0.4, 0.5) is 4.39 Å². The molecule has 3 rings (SSSR count). The van der Waals surface area contributed by atoms with E-state index in [0.29, 0.717) is 0 Å². The van der Waals surface area contributed by atoms with Crippen LogP contribution in [0, 0.1) is 5.82 Å². The Morgan fingerprint density at radius 1 is 1.37 bits per heavy atom. The number of piperidine rings is 1. The van der Waals surface area contributed by atoms with E-state index < -0.39 is 36.1 Å². The van der Waals surface area contributed by atoms with E-state index in [1.807, 2.05) is 0 Å². The number of carbonyl (C=O) groups excluding carboxylic acids is 3. The Kier molecular flexibility index (Phi) is 2.11. The highest BCUT2D eigenvalue weighted by atomic mass is 19.1. The lowest BCUT2D eigenvalue weighted by Gasteiger charge is -2.29. The van der Waals surface area contributed by atoms with Crippen molar-refractivity contribution >= 4 is 17.7 Å². The molecular weight excluding hydrogens is 251 g/mol. The van der Waals surface area contributed by atoms with Gasteiger partial charge in [-0.15, -0.1) is 0 Å². The number of carbonyl (C=O) groups is 3. The third kappa shape index (κ3) is 1.80. The molecule has 0 bridgehead atoms. The van der Waals surface area contributed by atoms with E-state index in [4.69, 9.17) is 2.74 Å². The Morgan fingerprint density at radius 2 is 2.16 bits per heavy atom. The van der Waals surface area contributed by atoms with E-state index in [9.17, 15) is 18.8 Å². The monoisotopic (exact) mass is 264 g/mol. The second-order valence-corrected chi connectivity index (χ2v) is 4.42. The molecule has 1 atom stereocenters. The topological polar surface area (TPSA) is 66.5 Å². The minimum atomic E-state index is -2.29. The second kappa shape index (κ2) is 4.15. The lowest BCUT2D eigenvalue weighted by molar-refractivity contribution is -0.136. The zero-order valence-electron chi connectivity index (χ0n) is 11.8. The molecule has 0 saturated carbocycles. The molecule has 1 saturated heterocycles. The van der Waals surface area contributed by atoms with Gasteiger partial charge in [-0.1, -0.05) is 12.1 Å². The maximum absolute atomic E-state index is 13.8. The largest absolute Gasteiger partial charge is 0.322 e. The molecule has 2 aliphatic heterocycles. The molecule has 0 radical (unpaired) electrons. The summed E-state index contributed by atoms with van der Waals surface area (Å²) in [5, 5.41) is 2.07. The number of amides is 3. The number of fused-ring (bicyclic) bond motifs is 1. The molecular formula is C13H11FN2O3. The molecule has 1 aromatic carbocycles. The minimum Gasteiger partial charge on any atom is -0.322 e. The van der Waals surface area contributed by atoms with Crippen LogP contribution in [-0.4, -0.2) is 28.7 Å². The predicted molar refractivity (Wildman–Crippen MR) is 62.4 cm³/mol. The van der Waals surface area contributed by atoms with Crippen LogP contribution in [0.5, 0.6) is 0 Å². The van der Waals surface area contributed by atoms with Gasteiger partial charge in [-0.3, -0.25) is 19.7 Å². The Bertz CT molecular complexity index is 677. The molecule has 0 aromatic heterocycles. The minimum absolute atomic E-state index is 0.00902. The van der Waals surface area contributed by atoms with Gasteiger partial charge in [-0.2, -0.15) is 0 Å². The van der Waals surface area contributed by atoms with Crippen LogP contribution in [0.15, 0.2) is 18.2 Å². The van der Waals surface area contributed by atoms with E-state index in [0.717, 1.165) is 11.0 Å². The zero-order valence-corrected chi connectivity index (χ0v) is 9.77. The molecule has 2 aliphatic rings. The molecule has 2 heterocycles. The fourth-order valence-corrected chi connectivity index (χ4v) is 2.28. The van der Waals surface area contributed by atoms with Gasteiger partial charge in [0.05, 0.1) is 8.30 Å². The van der Waals surface area contributed by atoms with Crippen LogP contribution < -0.4 is 5.32 Å². The maximum Gasteiger partial charge on any atom is 0.258 e. The van der Waals surface area contributed by atoms with Gasteiger partial charge in [0.15, 0.2) is 0 Å². The van der Waals surface area contributed by atoms with Crippen LogP contribution in [0.2, 0.25) is 0 Å². The summed E-state index contributed by atoms with van der Waals surface area (Å²) in [6, 6.07) is 2.58. The average Bonchev–Trinajstić information content (AvgIpc) is 2.60. The summed E-state index contributed by atoms with van der Waals surface area (Å²) in [7, 11) is 0. The van der Waals surface area contributed by atoms with Crippen molar-refractivity contribution < 1.29 is 21.5 Å². The van der Waals surface area contributed by atoms with Gasteiger partial charge in [0.1, 0.15) is 11.9 Å². The highest BCUT2D eigenvalue weighted by molar-refractivity contribution is 6.05. The van der Waals surface area contributed by atoms with E-state index in [2.05, 4.69) is 5.32 Å². The van der Waals surface area contributed by atoms with E-state index in [-0.39, 0.29) is 24.0 Å². The Labute approximate surface area is 111 Å². The molecule has 1 fully saturated rings. The standard InChI is InChI=1S/C13H11FN2O3/c14-8-3-1-2-7-6-16(13(19)11(7)8)9-4-5-10(17)15-12(9)18/h1-3,9H,4-6H2,(H,15,17,18)/i6D2. The normalized spacial score (nSPS) is 26.7. The van der Waals surface area contributed by atoms with Crippen LogP contribution >= 0.6 is 0 Å². The number of hydrogen-bond donors (Lipinski definition) is 1. The third-order valence-corrected chi connectivity index (χ3v) is 3.21. The Morgan fingerprint density at radius 3 is 2.84 bits per heavy atom. The van der Waals surface area contributed by atoms with Crippen molar-refractivity contribution in [3.8, 4) is 0 Å². The highest BCUT2D eigenvalue weighted by Gasteiger charge is 2.40. The number of rotatable bonds is 1. The zero-order chi connectivity index (χ0) is 15.4. The second-order valence-electron chi connectivity index (χ2n) is 4.42. The number of hydrogen-bond acceptors (Lipinski definition) is 3. The first-order valence-corrected chi connectivity index (χ1v) is 5.80. The van der Waals surface area contributed by atoms with Crippen molar-refractivity contribution in [1.29, 1.82) is 0 Å². The third-order valence-electron chi connectivity index (χ3n) is 3.21. The molecule has 19 heavy (non-hydrogen) atoms. The molecule has 6 heteroatoms.